The molecule has 0 fully saturated rings. The van der Waals surface area contributed by atoms with E-state index in [0.29, 0.717) is 40.1 Å². The monoisotopic (exact) mass is 362 g/mol. The van der Waals surface area contributed by atoms with Gasteiger partial charge in [-0.2, -0.15) is 0 Å². The molecule has 0 aliphatic rings. The molecule has 0 unspecified atom stereocenters. The van der Waals surface area contributed by atoms with Gasteiger partial charge >= 0.3 is 0 Å². The molecule has 0 bridgehead atoms. The van der Waals surface area contributed by atoms with Crippen molar-refractivity contribution in [2.45, 2.75) is 13.8 Å². The Kier molecular flexibility index (Phi) is 6.25. The summed E-state index contributed by atoms with van der Waals surface area (Å²) in [6.45, 7) is 3.70. The average molecular weight is 363 g/mol. The molecule has 0 heterocycles. The number of benzene rings is 2. The van der Waals surface area contributed by atoms with Gasteiger partial charge in [-0.1, -0.05) is 11.6 Å². The maximum atomic E-state index is 12.4. The van der Waals surface area contributed by atoms with E-state index in [1.807, 2.05) is 6.92 Å². The Morgan fingerprint density at radius 3 is 2.20 bits per heavy atom. The molecule has 0 radical (unpaired) electrons. The maximum Gasteiger partial charge on any atom is 0.255 e. The highest BCUT2D eigenvalue weighted by atomic mass is 35.5. The SMILES string of the molecule is CCOc1c(Cl)cc(C(=O)Nc2ccc(NC(C)=O)cc2)cc1OC. The number of halogens is 1. The topological polar surface area (TPSA) is 76.7 Å². The molecule has 132 valence electrons. The predicted molar refractivity (Wildman–Crippen MR) is 97.9 cm³/mol. The fraction of sp³-hybridized carbons (Fsp3) is 0.222. The molecule has 0 aromatic heterocycles. The zero-order valence-corrected chi connectivity index (χ0v) is 14.9. The lowest BCUT2D eigenvalue weighted by Crippen LogP contribution is -2.12. The normalized spacial score (nSPS) is 10.1. The molecule has 2 aromatic rings. The number of ether oxygens (including phenoxy) is 2. The third kappa shape index (κ3) is 4.87. The first-order valence-electron chi connectivity index (χ1n) is 7.64. The fourth-order valence-electron chi connectivity index (χ4n) is 2.18. The maximum absolute atomic E-state index is 12.4. The molecule has 0 saturated carbocycles. The molecule has 25 heavy (non-hydrogen) atoms. The standard InChI is InChI=1S/C18H19ClN2O4/c1-4-25-17-15(19)9-12(10-16(17)24-3)18(23)21-14-7-5-13(6-8-14)20-11(2)22/h5-10H,4H2,1-3H3,(H,20,22)(H,21,23). The van der Waals surface area contributed by atoms with E-state index >= 15 is 0 Å². The highest BCUT2D eigenvalue weighted by Gasteiger charge is 2.16. The van der Waals surface area contributed by atoms with Crippen LogP contribution >= 0.6 is 11.6 Å². The molecular formula is C18H19ClN2O4. The number of carbonyl (C=O) groups is 2. The second kappa shape index (κ2) is 8.39. The molecule has 0 aliphatic heterocycles. The fourth-order valence-corrected chi connectivity index (χ4v) is 2.44. The highest BCUT2D eigenvalue weighted by molar-refractivity contribution is 6.32. The van der Waals surface area contributed by atoms with Gasteiger partial charge in [-0.05, 0) is 43.3 Å². The van der Waals surface area contributed by atoms with Crippen LogP contribution in [-0.4, -0.2) is 25.5 Å². The third-order valence-corrected chi connectivity index (χ3v) is 3.52. The van der Waals surface area contributed by atoms with Crippen LogP contribution in [0.4, 0.5) is 11.4 Å². The minimum atomic E-state index is -0.337. The van der Waals surface area contributed by atoms with Crippen LogP contribution in [0.5, 0.6) is 11.5 Å². The molecule has 6 nitrogen and oxygen atoms in total. The van der Waals surface area contributed by atoms with Gasteiger partial charge in [-0.25, -0.2) is 0 Å². The smallest absolute Gasteiger partial charge is 0.255 e. The number of rotatable bonds is 6. The average Bonchev–Trinajstić information content (AvgIpc) is 2.57. The van der Waals surface area contributed by atoms with Crippen LogP contribution < -0.4 is 20.1 Å². The van der Waals surface area contributed by atoms with Crippen molar-refractivity contribution in [3.63, 3.8) is 0 Å². The molecule has 2 rings (SSSR count). The summed E-state index contributed by atoms with van der Waals surface area (Å²) in [6, 6.07) is 9.87. The summed E-state index contributed by atoms with van der Waals surface area (Å²) < 4.78 is 10.7. The minimum absolute atomic E-state index is 0.159. The lowest BCUT2D eigenvalue weighted by atomic mass is 10.1. The molecule has 2 aromatic carbocycles. The van der Waals surface area contributed by atoms with Crippen molar-refractivity contribution < 1.29 is 19.1 Å². The number of anilines is 2. The van der Waals surface area contributed by atoms with E-state index < -0.39 is 0 Å². The van der Waals surface area contributed by atoms with Crippen molar-refractivity contribution in [1.29, 1.82) is 0 Å². The number of hydrogen-bond acceptors (Lipinski definition) is 4. The molecule has 0 spiro atoms. The Bertz CT molecular complexity index is 775. The van der Waals surface area contributed by atoms with Crippen molar-refractivity contribution in [1.82, 2.24) is 0 Å². The Labute approximate surface area is 151 Å². The number of hydrogen-bond donors (Lipinski definition) is 2. The molecule has 0 aliphatic carbocycles. The summed E-state index contributed by atoms with van der Waals surface area (Å²) in [6.07, 6.45) is 0. The van der Waals surface area contributed by atoms with E-state index in [1.165, 1.54) is 20.1 Å². The number of methoxy groups -OCH3 is 1. The Morgan fingerprint density at radius 1 is 1.08 bits per heavy atom. The van der Waals surface area contributed by atoms with E-state index in [1.54, 1.807) is 30.3 Å². The van der Waals surface area contributed by atoms with Crippen LogP contribution in [0.2, 0.25) is 5.02 Å². The van der Waals surface area contributed by atoms with Crippen molar-refractivity contribution in [3.8, 4) is 11.5 Å². The quantitative estimate of drug-likeness (QED) is 0.815. The number of carbonyl (C=O) groups excluding carboxylic acids is 2. The van der Waals surface area contributed by atoms with E-state index in [2.05, 4.69) is 10.6 Å². The van der Waals surface area contributed by atoms with Crippen molar-refractivity contribution in [2.75, 3.05) is 24.4 Å². The Morgan fingerprint density at radius 2 is 1.68 bits per heavy atom. The highest BCUT2D eigenvalue weighted by Crippen LogP contribution is 2.36. The summed E-state index contributed by atoms with van der Waals surface area (Å²) in [5.41, 5.74) is 1.58. The van der Waals surface area contributed by atoms with Gasteiger partial charge in [0.1, 0.15) is 0 Å². The Hall–Kier alpha value is -2.73. The van der Waals surface area contributed by atoms with Crippen LogP contribution in [0.3, 0.4) is 0 Å². The summed E-state index contributed by atoms with van der Waals surface area (Å²) in [4.78, 5) is 23.4. The van der Waals surface area contributed by atoms with Gasteiger partial charge in [-0.3, -0.25) is 9.59 Å². The lowest BCUT2D eigenvalue weighted by molar-refractivity contribution is -0.114. The molecule has 2 amide bonds. The van der Waals surface area contributed by atoms with Gasteiger partial charge in [0, 0.05) is 23.9 Å². The summed E-state index contributed by atoms with van der Waals surface area (Å²) in [7, 11) is 1.48. The van der Waals surface area contributed by atoms with E-state index in [9.17, 15) is 9.59 Å². The number of nitrogens with one attached hydrogen (secondary N) is 2. The van der Waals surface area contributed by atoms with Crippen LogP contribution in [0, 0.1) is 0 Å². The zero-order chi connectivity index (χ0) is 18.4. The van der Waals surface area contributed by atoms with Crippen molar-refractivity contribution in [3.05, 3.63) is 47.0 Å². The van der Waals surface area contributed by atoms with E-state index in [0.717, 1.165) is 0 Å². The van der Waals surface area contributed by atoms with Gasteiger partial charge in [0.05, 0.1) is 18.7 Å². The zero-order valence-electron chi connectivity index (χ0n) is 14.2. The molecule has 2 N–H and O–H groups in total. The summed E-state index contributed by atoms with van der Waals surface area (Å²) in [5.74, 6) is 0.298. The Balaban J connectivity index is 2.17. The van der Waals surface area contributed by atoms with Gasteiger partial charge in [0.2, 0.25) is 5.91 Å². The summed E-state index contributed by atoms with van der Waals surface area (Å²) in [5, 5.41) is 5.72. The first-order chi connectivity index (χ1) is 11.9. The van der Waals surface area contributed by atoms with Crippen molar-refractivity contribution in [2.24, 2.45) is 0 Å². The van der Waals surface area contributed by atoms with Crippen molar-refractivity contribution >= 4 is 34.8 Å². The first-order valence-corrected chi connectivity index (χ1v) is 8.01. The van der Waals surface area contributed by atoms with E-state index in [4.69, 9.17) is 21.1 Å². The first kappa shape index (κ1) is 18.6. The van der Waals surface area contributed by atoms with E-state index in [-0.39, 0.29) is 11.8 Å². The van der Waals surface area contributed by atoms with Crippen LogP contribution in [0.1, 0.15) is 24.2 Å². The molecular weight excluding hydrogens is 344 g/mol. The number of amides is 2. The lowest BCUT2D eigenvalue weighted by Gasteiger charge is -2.13. The van der Waals surface area contributed by atoms with Gasteiger partial charge in [0.25, 0.3) is 5.91 Å². The van der Waals surface area contributed by atoms with Gasteiger partial charge in [-0.15, -0.1) is 0 Å². The van der Waals surface area contributed by atoms with Crippen LogP contribution in [-0.2, 0) is 4.79 Å². The molecule has 0 saturated heterocycles. The third-order valence-electron chi connectivity index (χ3n) is 3.24. The minimum Gasteiger partial charge on any atom is -0.493 e. The van der Waals surface area contributed by atoms with Crippen LogP contribution in [0.25, 0.3) is 0 Å². The second-order valence-electron chi connectivity index (χ2n) is 5.14. The largest absolute Gasteiger partial charge is 0.493 e. The van der Waals surface area contributed by atoms with Gasteiger partial charge in [0.15, 0.2) is 11.5 Å². The summed E-state index contributed by atoms with van der Waals surface area (Å²) >= 11 is 6.18. The molecule has 7 heteroatoms. The molecule has 0 atom stereocenters. The van der Waals surface area contributed by atoms with Crippen LogP contribution in [0.15, 0.2) is 36.4 Å². The predicted octanol–water partition coefficient (Wildman–Crippen LogP) is 3.96. The second-order valence-corrected chi connectivity index (χ2v) is 5.54. The van der Waals surface area contributed by atoms with Gasteiger partial charge < -0.3 is 20.1 Å².